The van der Waals surface area contributed by atoms with Crippen LogP contribution in [-0.4, -0.2) is 35.2 Å². The number of benzene rings is 2. The zero-order valence-corrected chi connectivity index (χ0v) is 19.5. The lowest BCUT2D eigenvalue weighted by Crippen LogP contribution is -2.29. The summed E-state index contributed by atoms with van der Waals surface area (Å²) in [5.41, 5.74) is 0.621. The zero-order chi connectivity index (χ0) is 25.4. The van der Waals surface area contributed by atoms with Crippen LogP contribution in [0.25, 0.3) is 10.4 Å². The van der Waals surface area contributed by atoms with Gasteiger partial charge in [-0.05, 0) is 48.0 Å². The number of esters is 1. The summed E-state index contributed by atoms with van der Waals surface area (Å²) in [4.78, 5) is 54.2. The summed E-state index contributed by atoms with van der Waals surface area (Å²) in [7, 11) is 2.99. The fourth-order valence-corrected chi connectivity index (χ4v) is 4.89. The van der Waals surface area contributed by atoms with Crippen molar-refractivity contribution in [2.75, 3.05) is 6.61 Å². The maximum atomic E-state index is 12.3. The van der Waals surface area contributed by atoms with Gasteiger partial charge in [0.1, 0.15) is 27.5 Å². The van der Waals surface area contributed by atoms with Gasteiger partial charge in [0.15, 0.2) is 0 Å². The van der Waals surface area contributed by atoms with Crippen LogP contribution in [0.15, 0.2) is 54.6 Å². The van der Waals surface area contributed by atoms with Crippen molar-refractivity contribution in [3.8, 4) is 21.9 Å². The first kappa shape index (κ1) is 25.5. The van der Waals surface area contributed by atoms with E-state index in [1.54, 1.807) is 24.3 Å². The summed E-state index contributed by atoms with van der Waals surface area (Å²) in [6.07, 6.45) is -3.27. The Balaban J connectivity index is 1.62. The smallest absolute Gasteiger partial charge is 0.457 e. The number of ether oxygens (including phenoxy) is 3. The van der Waals surface area contributed by atoms with Gasteiger partial charge in [0.05, 0.1) is 0 Å². The Morgan fingerprint density at radius 1 is 0.943 bits per heavy atom. The fourth-order valence-electron chi connectivity index (χ4n) is 2.48. The van der Waals surface area contributed by atoms with Gasteiger partial charge >= 0.3 is 12.1 Å². The molecule has 0 N–H and O–H groups in total. The molecular weight excluding hydrogens is 528 g/mol. The van der Waals surface area contributed by atoms with Crippen molar-refractivity contribution in [3.63, 3.8) is 0 Å². The average Bonchev–Trinajstić information content (AvgIpc) is 3.23. The minimum atomic E-state index is -2.11. The largest absolute Gasteiger partial charge is 0.519 e. The van der Waals surface area contributed by atoms with Crippen LogP contribution in [-0.2, 0) is 14.4 Å². The molecule has 0 fully saturated rings. The van der Waals surface area contributed by atoms with Crippen molar-refractivity contribution >= 4 is 45.0 Å². The number of hydrogen-bond acceptors (Lipinski definition) is 14. The molecule has 0 bridgehead atoms. The lowest BCUT2D eigenvalue weighted by atomic mass is 10.2. The molecule has 13 nitrogen and oxygen atoms in total. The molecule has 16 heteroatoms. The first-order valence-corrected chi connectivity index (χ1v) is 11.8. The monoisotopic (exact) mass is 540 g/mol. The molecule has 0 unspecified atom stereocenters. The van der Waals surface area contributed by atoms with Gasteiger partial charge in [-0.2, -0.15) is 0 Å². The van der Waals surface area contributed by atoms with Crippen molar-refractivity contribution in [2.45, 2.75) is 6.29 Å². The minimum Gasteiger partial charge on any atom is -0.457 e. The molecule has 35 heavy (non-hydrogen) atoms. The Hall–Kier alpha value is -4.15. The number of para-hydroxylation sites is 1. The Kier molecular flexibility index (Phi) is 8.60. The molecule has 1 aromatic heterocycles. The van der Waals surface area contributed by atoms with Gasteiger partial charge in [-0.15, -0.1) is 20.2 Å². The number of nitrogens with zero attached hydrogens (tertiary/aromatic N) is 2. The minimum absolute atomic E-state index is 0.175. The van der Waals surface area contributed by atoms with E-state index in [-0.39, 0.29) is 17.1 Å². The number of rotatable bonds is 10. The number of carbonyl (C=O) groups excluding carboxylic acids is 2. The molecule has 3 rings (SSSR count). The molecule has 0 atom stereocenters. The van der Waals surface area contributed by atoms with Gasteiger partial charge in [0, 0.05) is 4.88 Å². The van der Waals surface area contributed by atoms with Gasteiger partial charge in [0.25, 0.3) is 16.5 Å². The molecule has 3 aromatic rings. The van der Waals surface area contributed by atoms with Crippen LogP contribution >= 0.6 is 32.9 Å². The first-order valence-electron chi connectivity index (χ1n) is 9.20. The van der Waals surface area contributed by atoms with E-state index in [4.69, 9.17) is 26.4 Å². The highest BCUT2D eigenvalue weighted by molar-refractivity contribution is 7.80. The van der Waals surface area contributed by atoms with Gasteiger partial charge in [-0.25, -0.2) is 9.59 Å². The predicted molar refractivity (Wildman–Crippen MR) is 122 cm³/mol. The van der Waals surface area contributed by atoms with E-state index < -0.39 is 35.2 Å². The lowest BCUT2D eigenvalue weighted by molar-refractivity contribution is -0.851. The van der Waals surface area contributed by atoms with Crippen LogP contribution in [0.4, 0.5) is 4.79 Å². The summed E-state index contributed by atoms with van der Waals surface area (Å²) in [6, 6.07) is 13.8. The Morgan fingerprint density at radius 3 is 2.20 bits per heavy atom. The summed E-state index contributed by atoms with van der Waals surface area (Å²) in [5, 5.41) is 18.1. The summed E-state index contributed by atoms with van der Waals surface area (Å²) >= 11 is 5.11. The molecule has 0 amide bonds. The first-order chi connectivity index (χ1) is 16.7. The maximum Gasteiger partial charge on any atom is 0.519 e. The molecule has 0 aliphatic rings. The molecule has 0 aliphatic heterocycles. The second kappa shape index (κ2) is 11.8. The van der Waals surface area contributed by atoms with E-state index in [1.165, 1.54) is 44.9 Å². The van der Waals surface area contributed by atoms with Crippen LogP contribution in [0.3, 0.4) is 0 Å². The normalized spacial score (nSPS) is 10.3. The quantitative estimate of drug-likeness (QED) is 0.0663. The van der Waals surface area contributed by atoms with Crippen molar-refractivity contribution in [2.24, 2.45) is 0 Å². The zero-order valence-electron chi connectivity index (χ0n) is 17.1. The van der Waals surface area contributed by atoms with E-state index >= 15 is 0 Å². The van der Waals surface area contributed by atoms with Crippen molar-refractivity contribution < 1.29 is 43.6 Å². The van der Waals surface area contributed by atoms with Gasteiger partial charge in [0.2, 0.25) is 0 Å². The van der Waals surface area contributed by atoms with Gasteiger partial charge < -0.3 is 14.2 Å². The van der Waals surface area contributed by atoms with Crippen LogP contribution < -0.4 is 9.47 Å². The van der Waals surface area contributed by atoms with Crippen LogP contribution in [0.2, 0.25) is 0 Å². The van der Waals surface area contributed by atoms with Crippen molar-refractivity contribution in [1.29, 1.82) is 0 Å². The molecule has 182 valence electrons. The fraction of sp³-hybridized carbons (Fsp3) is 0.105. The third-order valence-corrected chi connectivity index (χ3v) is 6.77. The summed E-state index contributed by atoms with van der Waals surface area (Å²) in [6.45, 7) is -0.996. The van der Waals surface area contributed by atoms with Gasteiger partial charge in [-0.1, -0.05) is 45.0 Å². The van der Waals surface area contributed by atoms with Crippen LogP contribution in [0.5, 0.6) is 11.5 Å². The van der Waals surface area contributed by atoms with E-state index in [1.807, 2.05) is 6.07 Å². The molecule has 0 saturated heterocycles. The second-order valence-electron chi connectivity index (χ2n) is 6.16. The third-order valence-electron chi connectivity index (χ3n) is 3.86. The Labute approximate surface area is 207 Å². The molecule has 2 aromatic carbocycles. The third kappa shape index (κ3) is 7.70. The molecule has 0 radical (unpaired) electrons. The van der Waals surface area contributed by atoms with Crippen LogP contribution in [0, 0.1) is 24.1 Å². The molecule has 0 saturated carbocycles. The summed E-state index contributed by atoms with van der Waals surface area (Å²) < 4.78 is 15.7. The Bertz CT molecular complexity index is 1270. The average molecular weight is 541 g/mol. The molecule has 0 spiro atoms. The summed E-state index contributed by atoms with van der Waals surface area (Å²) in [5.74, 6) is -1.20. The van der Waals surface area contributed by atoms with E-state index in [0.717, 1.165) is 14.3 Å². The van der Waals surface area contributed by atoms with E-state index in [0.29, 0.717) is 0 Å². The van der Waals surface area contributed by atoms with E-state index in [9.17, 15) is 29.8 Å². The number of carbonyl (C=O) groups is 2. The predicted octanol–water partition coefficient (Wildman–Crippen LogP) is 4.68. The van der Waals surface area contributed by atoms with Crippen molar-refractivity contribution in [3.05, 3.63) is 84.2 Å². The lowest BCUT2D eigenvalue weighted by Gasteiger charge is -2.14. The number of hydrogen-bond donors (Lipinski definition) is 0. The topological polar surface area (TPSA) is 167 Å². The van der Waals surface area contributed by atoms with E-state index in [2.05, 4.69) is 9.68 Å². The maximum absolute atomic E-state index is 12.3. The highest BCUT2D eigenvalue weighted by Crippen LogP contribution is 2.30. The van der Waals surface area contributed by atoms with Crippen LogP contribution in [0.1, 0.15) is 10.4 Å². The molecular formula is C19H12N2O11S3. The standard InChI is InChI=1S/C19H12N2O11S3/c22-18(28-10-16(31-20(24)25)32-21(26)27)13-3-1-2-4-14(13)30-19(23)29-12-7-5-11(6-8-12)15-9-17(33)35-34-15/h1-9,16H,10H2. The highest BCUT2D eigenvalue weighted by atomic mass is 32.9. The molecule has 1 heterocycles. The van der Waals surface area contributed by atoms with Crippen molar-refractivity contribution in [1.82, 2.24) is 0 Å². The van der Waals surface area contributed by atoms with Gasteiger partial charge in [-0.3, -0.25) is 9.68 Å². The SMILES string of the molecule is O=C(Oc1ccc(-c2cc(=S)ss2)cc1)Oc1ccccc1C(=O)OCC(O[N+](=O)[O-])O[N+](=O)[O-]. The Morgan fingerprint density at radius 2 is 1.60 bits per heavy atom. The second-order valence-corrected chi connectivity index (χ2v) is 9.07. The highest BCUT2D eigenvalue weighted by Gasteiger charge is 2.23. The molecule has 0 aliphatic carbocycles.